The van der Waals surface area contributed by atoms with E-state index >= 15 is 0 Å². The van der Waals surface area contributed by atoms with E-state index in [0.717, 1.165) is 23.1 Å². The fourth-order valence-electron chi connectivity index (χ4n) is 3.75. The molecule has 1 fully saturated rings. The Balaban J connectivity index is 1.60. The Bertz CT molecular complexity index is 1040. The summed E-state index contributed by atoms with van der Waals surface area (Å²) in [5.74, 6) is 0.930. The third-order valence-electron chi connectivity index (χ3n) is 4.93. The summed E-state index contributed by atoms with van der Waals surface area (Å²) < 4.78 is 4.16. The molecule has 114 valence electrons. The Kier molecular flexibility index (Phi) is 2.46. The van der Waals surface area contributed by atoms with E-state index in [0.29, 0.717) is 11.8 Å². The third-order valence-corrected chi connectivity index (χ3v) is 4.93. The van der Waals surface area contributed by atoms with Gasteiger partial charge in [0.05, 0.1) is 11.4 Å². The van der Waals surface area contributed by atoms with Gasteiger partial charge in [-0.05, 0) is 37.6 Å². The van der Waals surface area contributed by atoms with Crippen molar-refractivity contribution >= 4 is 16.7 Å². The van der Waals surface area contributed by atoms with Crippen molar-refractivity contribution in [2.45, 2.75) is 25.2 Å². The van der Waals surface area contributed by atoms with Crippen LogP contribution in [0.5, 0.6) is 0 Å². The van der Waals surface area contributed by atoms with E-state index in [-0.39, 0.29) is 0 Å². The third kappa shape index (κ3) is 1.76. The highest BCUT2D eigenvalue weighted by atomic mass is 15.3. The summed E-state index contributed by atoms with van der Waals surface area (Å²) in [5.41, 5.74) is 6.73. The highest BCUT2D eigenvalue weighted by molar-refractivity contribution is 5.78. The molecule has 23 heavy (non-hydrogen) atoms. The van der Waals surface area contributed by atoms with Crippen LogP contribution in [0.3, 0.4) is 0 Å². The van der Waals surface area contributed by atoms with Gasteiger partial charge in [0.2, 0.25) is 0 Å². The lowest BCUT2D eigenvalue weighted by atomic mass is 10.1. The fraction of sp³-hybridized carbons (Fsp3) is 0.278. The summed E-state index contributed by atoms with van der Waals surface area (Å²) in [7, 11) is 2.02. The first-order valence-corrected chi connectivity index (χ1v) is 7.95. The van der Waals surface area contributed by atoms with Crippen molar-refractivity contribution in [1.82, 2.24) is 24.1 Å². The zero-order chi connectivity index (χ0) is 15.6. The zero-order valence-corrected chi connectivity index (χ0v) is 13.1. The maximum absolute atomic E-state index is 4.86. The average Bonchev–Trinajstić information content (AvgIpc) is 3.16. The van der Waals surface area contributed by atoms with Crippen LogP contribution in [0.25, 0.3) is 16.7 Å². The molecule has 5 rings (SSSR count). The van der Waals surface area contributed by atoms with Crippen LogP contribution in [0.2, 0.25) is 0 Å². The lowest BCUT2D eigenvalue weighted by Gasteiger charge is -2.01. The van der Waals surface area contributed by atoms with Gasteiger partial charge in [0.15, 0.2) is 0 Å². The van der Waals surface area contributed by atoms with E-state index in [4.69, 9.17) is 4.98 Å². The molecule has 1 aliphatic carbocycles. The molecule has 4 heterocycles. The van der Waals surface area contributed by atoms with Gasteiger partial charge in [0, 0.05) is 37.0 Å². The summed E-state index contributed by atoms with van der Waals surface area (Å²) in [5, 5.41) is 4.60. The van der Waals surface area contributed by atoms with Crippen molar-refractivity contribution in [3.63, 3.8) is 0 Å². The van der Waals surface area contributed by atoms with E-state index in [1.165, 1.54) is 17.1 Å². The van der Waals surface area contributed by atoms with Crippen LogP contribution in [-0.4, -0.2) is 24.1 Å². The van der Waals surface area contributed by atoms with Gasteiger partial charge in [-0.25, -0.2) is 4.98 Å². The molecule has 0 spiro atoms. The fourth-order valence-corrected chi connectivity index (χ4v) is 3.75. The molecule has 1 saturated carbocycles. The van der Waals surface area contributed by atoms with E-state index in [1.54, 1.807) is 0 Å². The summed E-state index contributed by atoms with van der Waals surface area (Å²) in [6.07, 6.45) is 5.05. The number of nitrogens with zero attached hydrogens (tertiary/aromatic N) is 5. The number of hydrogen-bond donors (Lipinski definition) is 0. The van der Waals surface area contributed by atoms with Gasteiger partial charge in [-0.1, -0.05) is 6.07 Å². The van der Waals surface area contributed by atoms with Crippen LogP contribution in [-0.2, 0) is 7.05 Å². The normalized spacial score (nSPS) is 20.4. The van der Waals surface area contributed by atoms with Crippen LogP contribution < -0.4 is 0 Å². The number of imidazole rings is 1. The Hall–Kier alpha value is -2.69. The predicted octanol–water partition coefficient (Wildman–Crippen LogP) is 3.20. The van der Waals surface area contributed by atoms with Gasteiger partial charge in [-0.15, -0.1) is 0 Å². The molecule has 1 aliphatic rings. The van der Waals surface area contributed by atoms with Gasteiger partial charge in [-0.2, -0.15) is 5.10 Å². The molecule has 0 aromatic carbocycles. The minimum Gasteiger partial charge on any atom is -0.304 e. The van der Waals surface area contributed by atoms with Crippen molar-refractivity contribution in [3.05, 3.63) is 59.8 Å². The molecule has 0 bridgehead atoms. The lowest BCUT2D eigenvalue weighted by Crippen LogP contribution is -1.98. The quantitative estimate of drug-likeness (QED) is 0.571. The molecule has 5 heteroatoms. The van der Waals surface area contributed by atoms with Crippen LogP contribution in [0.4, 0.5) is 0 Å². The van der Waals surface area contributed by atoms with Crippen molar-refractivity contribution in [2.24, 2.45) is 7.05 Å². The van der Waals surface area contributed by atoms with Crippen LogP contribution in [0, 0.1) is 6.92 Å². The van der Waals surface area contributed by atoms with Crippen LogP contribution in [0.15, 0.2) is 42.7 Å². The first kappa shape index (κ1) is 12.8. The minimum absolute atomic E-state index is 0.462. The molecule has 0 amide bonds. The molecule has 4 aromatic heterocycles. The maximum atomic E-state index is 4.86. The number of fused-ring (bicyclic) bond motifs is 2. The van der Waals surface area contributed by atoms with E-state index in [1.807, 2.05) is 42.2 Å². The second-order valence-electron chi connectivity index (χ2n) is 6.34. The second kappa shape index (κ2) is 4.41. The average molecular weight is 303 g/mol. The molecule has 0 radical (unpaired) electrons. The highest BCUT2D eigenvalue weighted by Gasteiger charge is 2.45. The van der Waals surface area contributed by atoms with Crippen LogP contribution >= 0.6 is 0 Å². The highest BCUT2D eigenvalue weighted by Crippen LogP contribution is 2.56. The summed E-state index contributed by atoms with van der Waals surface area (Å²) >= 11 is 0. The number of pyridine rings is 2. The minimum atomic E-state index is 0.462. The zero-order valence-electron chi connectivity index (χ0n) is 13.1. The van der Waals surface area contributed by atoms with Gasteiger partial charge >= 0.3 is 0 Å². The molecule has 4 aromatic rings. The Morgan fingerprint density at radius 3 is 2.91 bits per heavy atom. The molecule has 0 N–H and O–H groups in total. The summed E-state index contributed by atoms with van der Waals surface area (Å²) in [6, 6.07) is 10.1. The molecular formula is C18H17N5. The van der Waals surface area contributed by atoms with Gasteiger partial charge in [-0.3, -0.25) is 9.67 Å². The predicted molar refractivity (Wildman–Crippen MR) is 88.5 cm³/mol. The van der Waals surface area contributed by atoms with Gasteiger partial charge in [0.25, 0.3) is 0 Å². The molecular weight excluding hydrogens is 286 g/mol. The second-order valence-corrected chi connectivity index (χ2v) is 6.34. The first-order chi connectivity index (χ1) is 11.2. The number of hydrogen-bond acceptors (Lipinski definition) is 3. The smallest absolute Gasteiger partial charge is 0.137 e. The SMILES string of the molecule is Cc1c(C2CC2c2c3ncccc3nn2C)nc2ccccn12. The van der Waals surface area contributed by atoms with Crippen molar-refractivity contribution in [2.75, 3.05) is 0 Å². The number of aromatic nitrogens is 5. The van der Waals surface area contributed by atoms with Crippen LogP contribution in [0.1, 0.15) is 35.3 Å². The molecule has 2 unspecified atom stereocenters. The van der Waals surface area contributed by atoms with E-state index < -0.39 is 0 Å². The molecule has 0 aliphatic heterocycles. The monoisotopic (exact) mass is 303 g/mol. The largest absolute Gasteiger partial charge is 0.304 e. The topological polar surface area (TPSA) is 48.0 Å². The van der Waals surface area contributed by atoms with Gasteiger partial charge in [0.1, 0.15) is 16.7 Å². The number of aryl methyl sites for hydroxylation is 2. The summed E-state index contributed by atoms with van der Waals surface area (Å²) in [6.45, 7) is 2.16. The molecule has 5 nitrogen and oxygen atoms in total. The number of rotatable bonds is 2. The first-order valence-electron chi connectivity index (χ1n) is 7.95. The molecule has 0 saturated heterocycles. The van der Waals surface area contributed by atoms with Crippen molar-refractivity contribution in [3.8, 4) is 0 Å². The van der Waals surface area contributed by atoms with Crippen molar-refractivity contribution < 1.29 is 0 Å². The lowest BCUT2D eigenvalue weighted by molar-refractivity contribution is 0.715. The van der Waals surface area contributed by atoms with E-state index in [2.05, 4.69) is 33.7 Å². The molecule has 2 atom stereocenters. The Labute approximate surface area is 133 Å². The van der Waals surface area contributed by atoms with Gasteiger partial charge < -0.3 is 4.40 Å². The van der Waals surface area contributed by atoms with Crippen molar-refractivity contribution in [1.29, 1.82) is 0 Å². The van der Waals surface area contributed by atoms with E-state index in [9.17, 15) is 0 Å². The standard InChI is InChI=1S/C18H17N5/c1-11-16(20-15-7-3-4-9-23(11)15)12-10-13(12)18-17-14(21-22(18)2)6-5-8-19-17/h3-9,12-13H,10H2,1-2H3. The summed E-state index contributed by atoms with van der Waals surface area (Å²) in [4.78, 5) is 9.40. The Morgan fingerprint density at radius 1 is 1.13 bits per heavy atom. The maximum Gasteiger partial charge on any atom is 0.137 e. The Morgan fingerprint density at radius 2 is 2.04 bits per heavy atom.